The van der Waals surface area contributed by atoms with Crippen molar-refractivity contribution in [1.29, 1.82) is 0 Å². The molecule has 0 aliphatic heterocycles. The van der Waals surface area contributed by atoms with Gasteiger partial charge >= 0.3 is 0 Å². The summed E-state index contributed by atoms with van der Waals surface area (Å²) in [6.07, 6.45) is 1.95. The van der Waals surface area contributed by atoms with Crippen LogP contribution in [0.5, 0.6) is 5.75 Å². The van der Waals surface area contributed by atoms with E-state index in [2.05, 4.69) is 41.9 Å². The van der Waals surface area contributed by atoms with Gasteiger partial charge in [0.1, 0.15) is 18.0 Å². The lowest BCUT2D eigenvalue weighted by atomic mass is 9.88. The van der Waals surface area contributed by atoms with Crippen molar-refractivity contribution in [2.45, 2.75) is 24.9 Å². The normalized spacial score (nSPS) is 18.8. The van der Waals surface area contributed by atoms with Gasteiger partial charge in [-0.3, -0.25) is 4.31 Å². The second kappa shape index (κ2) is 9.35. The molecular weight excluding hydrogens is 354 g/mol. The predicted octanol–water partition coefficient (Wildman–Crippen LogP) is 3.49. The Morgan fingerprint density at radius 1 is 1.04 bits per heavy atom. The van der Waals surface area contributed by atoms with E-state index in [1.807, 2.05) is 23.5 Å². The first-order chi connectivity index (χ1) is 11.7. The Labute approximate surface area is 160 Å². The van der Waals surface area contributed by atoms with Gasteiger partial charge in [0, 0.05) is 24.8 Å². The van der Waals surface area contributed by atoms with Crippen molar-refractivity contribution >= 4 is 31.4 Å². The first kappa shape index (κ1) is 19.9. The summed E-state index contributed by atoms with van der Waals surface area (Å²) in [7, 11) is 3.65. The van der Waals surface area contributed by atoms with E-state index >= 15 is 0 Å². The average molecular weight is 380 g/mol. The van der Waals surface area contributed by atoms with Crippen LogP contribution in [0.2, 0.25) is 0 Å². The topological polar surface area (TPSA) is 59.8 Å². The van der Waals surface area contributed by atoms with E-state index in [1.165, 1.54) is 17.8 Å². The van der Waals surface area contributed by atoms with Crippen LogP contribution in [0, 0.1) is 0 Å². The molecule has 0 amide bonds. The van der Waals surface area contributed by atoms with E-state index in [-0.39, 0.29) is 13.5 Å². The number of hydrogen-bond donors (Lipinski definition) is 2. The Kier molecular flexibility index (Phi) is 7.46. The molecular formula is C18H25N3O2S2. The standard InChI is InChI=1S/C18H23N3O2S.H2S/c1-21(24-23-20-16-11-15(19)12-16)17-7-3-13(4-8-17)14-5-9-18(22-2)10-6-14;/h3-10,15-16,20H,11-12,19H2,1-2H3;1H2/t15-,16+;. The lowest BCUT2D eigenvalue weighted by Crippen LogP contribution is -2.47. The lowest BCUT2D eigenvalue weighted by molar-refractivity contribution is 0.127. The summed E-state index contributed by atoms with van der Waals surface area (Å²) in [5, 5.41) is 0. The van der Waals surface area contributed by atoms with E-state index < -0.39 is 0 Å². The molecule has 25 heavy (non-hydrogen) atoms. The molecule has 2 aromatic rings. The number of benzene rings is 2. The van der Waals surface area contributed by atoms with E-state index in [9.17, 15) is 0 Å². The highest BCUT2D eigenvalue weighted by molar-refractivity contribution is 7.96. The SMILES string of the molecule is COc1ccc(-c2ccc(N(C)SON[C@H]3C[C@@H](N)C3)cc2)cc1.S. The lowest BCUT2D eigenvalue weighted by Gasteiger charge is -2.32. The van der Waals surface area contributed by atoms with E-state index in [1.54, 1.807) is 7.11 Å². The summed E-state index contributed by atoms with van der Waals surface area (Å²) in [6, 6.07) is 17.1. The first-order valence-corrected chi connectivity index (χ1v) is 8.68. The predicted molar refractivity (Wildman–Crippen MR) is 110 cm³/mol. The zero-order chi connectivity index (χ0) is 16.9. The maximum Gasteiger partial charge on any atom is 0.135 e. The second-order valence-corrected chi connectivity index (χ2v) is 6.84. The largest absolute Gasteiger partial charge is 0.497 e. The van der Waals surface area contributed by atoms with Gasteiger partial charge in [-0.25, -0.2) is 4.28 Å². The molecule has 1 saturated carbocycles. The summed E-state index contributed by atoms with van der Waals surface area (Å²) >= 11 is 1.28. The minimum absolute atomic E-state index is 0. The Morgan fingerprint density at radius 3 is 2.12 bits per heavy atom. The van der Waals surface area contributed by atoms with E-state index in [4.69, 9.17) is 14.8 Å². The van der Waals surface area contributed by atoms with Crippen LogP contribution in [0.1, 0.15) is 12.8 Å². The molecule has 3 N–H and O–H groups in total. The van der Waals surface area contributed by atoms with Crippen molar-refractivity contribution in [2.75, 3.05) is 18.5 Å². The maximum absolute atomic E-state index is 5.75. The van der Waals surface area contributed by atoms with Gasteiger partial charge in [0.15, 0.2) is 0 Å². The Hall–Kier alpha value is -1.38. The van der Waals surface area contributed by atoms with Crippen molar-refractivity contribution in [3.05, 3.63) is 48.5 Å². The van der Waals surface area contributed by atoms with Gasteiger partial charge in [0.25, 0.3) is 0 Å². The molecule has 0 radical (unpaired) electrons. The van der Waals surface area contributed by atoms with E-state index in [0.717, 1.165) is 29.8 Å². The molecule has 0 saturated heterocycles. The van der Waals surface area contributed by atoms with Crippen molar-refractivity contribution < 1.29 is 9.02 Å². The number of nitrogens with one attached hydrogen (secondary N) is 1. The van der Waals surface area contributed by atoms with Gasteiger partial charge in [0.05, 0.1) is 7.11 Å². The molecule has 0 heterocycles. The minimum Gasteiger partial charge on any atom is -0.497 e. The molecule has 2 aromatic carbocycles. The second-order valence-electron chi connectivity index (χ2n) is 5.98. The molecule has 136 valence electrons. The van der Waals surface area contributed by atoms with Crippen LogP contribution in [-0.4, -0.2) is 26.2 Å². The number of methoxy groups -OCH3 is 1. The molecule has 3 rings (SSSR count). The van der Waals surface area contributed by atoms with E-state index in [0.29, 0.717) is 12.1 Å². The monoisotopic (exact) mass is 379 g/mol. The third-order valence-electron chi connectivity index (χ3n) is 4.19. The zero-order valence-electron chi connectivity index (χ0n) is 14.4. The van der Waals surface area contributed by atoms with Crippen molar-refractivity contribution in [3.63, 3.8) is 0 Å². The molecule has 0 spiro atoms. The highest BCUT2D eigenvalue weighted by Crippen LogP contribution is 2.27. The summed E-state index contributed by atoms with van der Waals surface area (Å²) in [4.78, 5) is 0. The van der Waals surface area contributed by atoms with Crippen LogP contribution >= 0.6 is 25.7 Å². The Balaban J connectivity index is 0.00000225. The van der Waals surface area contributed by atoms with Crippen LogP contribution in [0.25, 0.3) is 11.1 Å². The molecule has 0 unspecified atom stereocenters. The summed E-state index contributed by atoms with van der Waals surface area (Å²) in [5.41, 5.74) is 12.2. The Morgan fingerprint density at radius 2 is 1.60 bits per heavy atom. The van der Waals surface area contributed by atoms with Crippen molar-refractivity contribution in [3.8, 4) is 16.9 Å². The van der Waals surface area contributed by atoms with Gasteiger partial charge < -0.3 is 10.5 Å². The van der Waals surface area contributed by atoms with Gasteiger partial charge in [-0.2, -0.15) is 19.0 Å². The minimum atomic E-state index is 0. The Bertz CT molecular complexity index is 646. The molecule has 1 aliphatic rings. The number of hydroxylamine groups is 1. The number of hydrogen-bond acceptors (Lipinski definition) is 6. The number of nitrogens with two attached hydrogens (primary N) is 1. The number of anilines is 1. The third kappa shape index (κ3) is 5.29. The molecule has 1 aliphatic carbocycles. The fraction of sp³-hybridized carbons (Fsp3) is 0.333. The molecule has 5 nitrogen and oxygen atoms in total. The van der Waals surface area contributed by atoms with Crippen LogP contribution in [0.4, 0.5) is 5.69 Å². The molecule has 0 aromatic heterocycles. The quantitative estimate of drug-likeness (QED) is 0.436. The molecule has 0 atom stereocenters. The van der Waals surface area contributed by atoms with Crippen LogP contribution < -0.4 is 20.3 Å². The molecule has 1 fully saturated rings. The highest BCUT2D eigenvalue weighted by Gasteiger charge is 2.26. The van der Waals surface area contributed by atoms with Gasteiger partial charge in [-0.05, 0) is 48.2 Å². The summed E-state index contributed by atoms with van der Waals surface area (Å²) < 4.78 is 12.6. The van der Waals surface area contributed by atoms with Crippen molar-refractivity contribution in [1.82, 2.24) is 5.48 Å². The number of rotatable bonds is 7. The van der Waals surface area contributed by atoms with Crippen LogP contribution in [0.3, 0.4) is 0 Å². The number of nitrogens with zero attached hydrogens (tertiary/aromatic N) is 1. The van der Waals surface area contributed by atoms with Gasteiger partial charge in [-0.1, -0.05) is 24.3 Å². The summed E-state index contributed by atoms with van der Waals surface area (Å²) in [5.74, 6) is 0.864. The van der Waals surface area contributed by atoms with Gasteiger partial charge in [-0.15, -0.1) is 0 Å². The fourth-order valence-electron chi connectivity index (χ4n) is 2.59. The smallest absolute Gasteiger partial charge is 0.135 e. The average Bonchev–Trinajstić information content (AvgIpc) is 2.60. The van der Waals surface area contributed by atoms with Crippen LogP contribution in [0.15, 0.2) is 48.5 Å². The van der Waals surface area contributed by atoms with Gasteiger partial charge in [0.2, 0.25) is 0 Å². The number of ether oxygens (including phenoxy) is 1. The maximum atomic E-state index is 5.75. The van der Waals surface area contributed by atoms with Crippen LogP contribution in [-0.2, 0) is 4.28 Å². The molecule has 0 bridgehead atoms. The summed E-state index contributed by atoms with van der Waals surface area (Å²) in [6.45, 7) is 0. The third-order valence-corrected chi connectivity index (χ3v) is 4.80. The molecule has 7 heteroatoms. The highest BCUT2D eigenvalue weighted by atomic mass is 32.2. The fourth-order valence-corrected chi connectivity index (χ4v) is 3.09. The zero-order valence-corrected chi connectivity index (χ0v) is 16.3. The first-order valence-electron chi connectivity index (χ1n) is 7.98. The van der Waals surface area contributed by atoms with Crippen molar-refractivity contribution in [2.24, 2.45) is 5.73 Å².